The van der Waals surface area contributed by atoms with Crippen molar-refractivity contribution in [3.63, 3.8) is 0 Å². The lowest BCUT2D eigenvalue weighted by molar-refractivity contribution is -0.263. The number of ether oxygens (including phenoxy) is 3. The van der Waals surface area contributed by atoms with Gasteiger partial charge in [-0.05, 0) is 0 Å². The van der Waals surface area contributed by atoms with Crippen molar-refractivity contribution in [1.82, 2.24) is 0 Å². The smallest absolute Gasteiger partial charge is 0.184 e. The fraction of sp³-hybridized carbons (Fsp3) is 0.500. The Balaban J connectivity index is 1.62. The molecule has 0 aromatic heterocycles. The third kappa shape index (κ3) is 3.51. The quantitative estimate of drug-likeness (QED) is 0.815. The number of fused-ring (bicyclic) bond motifs is 1. The van der Waals surface area contributed by atoms with E-state index in [0.29, 0.717) is 13.0 Å². The minimum atomic E-state index is -0.765. The lowest BCUT2D eigenvalue weighted by Gasteiger charge is -2.39. The van der Waals surface area contributed by atoms with Gasteiger partial charge in [0.15, 0.2) is 6.29 Å². The van der Waals surface area contributed by atoms with E-state index in [4.69, 9.17) is 19.3 Å². The molecule has 0 aliphatic carbocycles. The van der Waals surface area contributed by atoms with Gasteiger partial charge in [0.25, 0.3) is 0 Å². The maximum Gasteiger partial charge on any atom is 0.184 e. The lowest BCUT2D eigenvalue weighted by atomic mass is 10.0. The van der Waals surface area contributed by atoms with Crippen LogP contribution >= 0.6 is 0 Å². The van der Waals surface area contributed by atoms with Crippen molar-refractivity contribution in [3.8, 4) is 0 Å². The molecule has 5 atom stereocenters. The largest absolute Gasteiger partial charge is 0.394 e. The second-order valence-electron chi connectivity index (χ2n) is 5.35. The fourth-order valence-electron chi connectivity index (χ4n) is 2.60. The maximum absolute atomic E-state index is 9.47. The van der Waals surface area contributed by atoms with Crippen molar-refractivity contribution in [2.24, 2.45) is 0 Å². The molecule has 5 heteroatoms. The highest BCUT2D eigenvalue weighted by molar-refractivity contribution is 5.17. The highest BCUT2D eigenvalue weighted by atomic mass is 16.7. The number of benzene rings is 1. The molecule has 1 aromatic rings. The van der Waals surface area contributed by atoms with Crippen LogP contribution in [-0.2, 0) is 14.2 Å². The zero-order valence-electron chi connectivity index (χ0n) is 11.7. The first-order valence-electron chi connectivity index (χ1n) is 7.21. The number of rotatable bonds is 4. The second kappa shape index (κ2) is 6.68. The summed E-state index contributed by atoms with van der Waals surface area (Å²) in [6, 6.07) is 9.80. The zero-order chi connectivity index (χ0) is 14.7. The van der Waals surface area contributed by atoms with Gasteiger partial charge in [0.2, 0.25) is 0 Å². The van der Waals surface area contributed by atoms with Crippen LogP contribution in [0.1, 0.15) is 18.3 Å². The van der Waals surface area contributed by atoms with Gasteiger partial charge in [0, 0.05) is 12.0 Å². The molecule has 2 aliphatic heterocycles. The summed E-state index contributed by atoms with van der Waals surface area (Å²) >= 11 is 0. The van der Waals surface area contributed by atoms with Crippen LogP contribution in [0.2, 0.25) is 0 Å². The second-order valence-corrected chi connectivity index (χ2v) is 5.35. The topological polar surface area (TPSA) is 68.2 Å². The summed E-state index contributed by atoms with van der Waals surface area (Å²) in [5.41, 5.74) is 0.988. The third-order valence-electron chi connectivity index (χ3n) is 3.71. The predicted molar refractivity (Wildman–Crippen MR) is 75.5 cm³/mol. The fourth-order valence-corrected chi connectivity index (χ4v) is 2.60. The first-order valence-corrected chi connectivity index (χ1v) is 7.21. The van der Waals surface area contributed by atoms with E-state index >= 15 is 0 Å². The summed E-state index contributed by atoms with van der Waals surface area (Å²) in [5, 5.41) is 18.4. The molecule has 1 fully saturated rings. The summed E-state index contributed by atoms with van der Waals surface area (Å²) in [6.45, 7) is 0.186. The molecule has 1 saturated heterocycles. The average molecular weight is 292 g/mol. The molecule has 3 rings (SSSR count). The van der Waals surface area contributed by atoms with E-state index in [1.807, 2.05) is 42.5 Å². The molecule has 0 radical (unpaired) electrons. The molecule has 0 spiro atoms. The van der Waals surface area contributed by atoms with Gasteiger partial charge < -0.3 is 24.4 Å². The number of aliphatic hydroxyl groups is 2. The summed E-state index contributed by atoms with van der Waals surface area (Å²) in [5.74, 6) is 0. The Morgan fingerprint density at radius 3 is 2.71 bits per heavy atom. The first kappa shape index (κ1) is 14.7. The van der Waals surface area contributed by atoms with E-state index < -0.39 is 6.10 Å². The normalized spacial score (nSPS) is 33.4. The number of hydrogen-bond acceptors (Lipinski definition) is 5. The molecular formula is C16H20O5. The molecule has 0 saturated carbocycles. The van der Waals surface area contributed by atoms with Gasteiger partial charge >= 0.3 is 0 Å². The Bertz CT molecular complexity index is 475. The van der Waals surface area contributed by atoms with E-state index in [2.05, 4.69) is 0 Å². The number of aliphatic hydroxyl groups excluding tert-OH is 2. The van der Waals surface area contributed by atoms with Gasteiger partial charge in [0.1, 0.15) is 12.2 Å². The standard InChI is InChI=1S/C16H20O5/c17-9-12(18)8-13-6-7-14-15(20-13)10-19-16(21-14)11-4-2-1-3-5-11/h1-7,12-18H,8-10H2/t12-,13-,14-,15+,16?/m0/s1. The van der Waals surface area contributed by atoms with Crippen LogP contribution in [0.4, 0.5) is 0 Å². The van der Waals surface area contributed by atoms with Gasteiger partial charge in [-0.25, -0.2) is 0 Å². The first-order chi connectivity index (χ1) is 10.3. The van der Waals surface area contributed by atoms with Crippen molar-refractivity contribution in [3.05, 3.63) is 48.0 Å². The van der Waals surface area contributed by atoms with Crippen LogP contribution in [0.5, 0.6) is 0 Å². The Kier molecular flexibility index (Phi) is 4.67. The number of hydrogen-bond donors (Lipinski definition) is 2. The van der Waals surface area contributed by atoms with Crippen LogP contribution in [0, 0.1) is 0 Å². The predicted octanol–water partition coefficient (Wildman–Crippen LogP) is 1.17. The van der Waals surface area contributed by atoms with E-state index in [9.17, 15) is 5.11 Å². The minimum absolute atomic E-state index is 0.147. The van der Waals surface area contributed by atoms with Crippen LogP contribution < -0.4 is 0 Å². The third-order valence-corrected chi connectivity index (χ3v) is 3.71. The van der Waals surface area contributed by atoms with Gasteiger partial charge in [-0.3, -0.25) is 0 Å². The molecule has 114 valence electrons. The molecule has 2 N–H and O–H groups in total. The average Bonchev–Trinajstić information content (AvgIpc) is 2.55. The van der Waals surface area contributed by atoms with Crippen LogP contribution in [-0.4, -0.2) is 47.8 Å². The van der Waals surface area contributed by atoms with Gasteiger partial charge in [-0.2, -0.15) is 0 Å². The molecule has 21 heavy (non-hydrogen) atoms. The molecule has 2 heterocycles. The van der Waals surface area contributed by atoms with E-state index in [1.165, 1.54) is 0 Å². The van der Waals surface area contributed by atoms with Crippen molar-refractivity contribution >= 4 is 0 Å². The minimum Gasteiger partial charge on any atom is -0.394 e. The molecule has 2 aliphatic rings. The summed E-state index contributed by atoms with van der Waals surface area (Å²) in [6.07, 6.45) is 2.54. The van der Waals surface area contributed by atoms with E-state index in [-0.39, 0.29) is 31.2 Å². The Labute approximate surface area is 123 Å². The van der Waals surface area contributed by atoms with Crippen molar-refractivity contribution < 1.29 is 24.4 Å². The van der Waals surface area contributed by atoms with Crippen molar-refractivity contribution in [2.45, 2.75) is 37.1 Å². The van der Waals surface area contributed by atoms with Crippen molar-refractivity contribution in [2.75, 3.05) is 13.2 Å². The van der Waals surface area contributed by atoms with Crippen LogP contribution in [0.15, 0.2) is 42.5 Å². The Hall–Kier alpha value is -1.24. The summed E-state index contributed by atoms with van der Waals surface area (Å²) in [4.78, 5) is 0. The SMILES string of the molecule is OC[C@@H](O)C[C@@H]1C=C[C@@H]2OC(c3ccccc3)OC[C@H]2O1. The summed E-state index contributed by atoms with van der Waals surface area (Å²) < 4.78 is 17.5. The van der Waals surface area contributed by atoms with Gasteiger partial charge in [0.05, 0.1) is 25.4 Å². The maximum atomic E-state index is 9.47. The van der Waals surface area contributed by atoms with Crippen LogP contribution in [0.25, 0.3) is 0 Å². The zero-order valence-corrected chi connectivity index (χ0v) is 11.7. The van der Waals surface area contributed by atoms with Crippen molar-refractivity contribution in [1.29, 1.82) is 0 Å². The lowest BCUT2D eigenvalue weighted by Crippen LogP contribution is -2.45. The molecule has 5 nitrogen and oxygen atoms in total. The molecule has 0 bridgehead atoms. The Morgan fingerprint density at radius 2 is 1.95 bits per heavy atom. The summed E-state index contributed by atoms with van der Waals surface area (Å²) in [7, 11) is 0. The highest BCUT2D eigenvalue weighted by Gasteiger charge is 2.36. The molecule has 1 unspecified atom stereocenters. The molecule has 0 amide bonds. The van der Waals surface area contributed by atoms with Crippen LogP contribution in [0.3, 0.4) is 0 Å². The molecular weight excluding hydrogens is 272 g/mol. The molecule has 1 aromatic carbocycles. The van der Waals surface area contributed by atoms with Gasteiger partial charge in [-0.15, -0.1) is 0 Å². The van der Waals surface area contributed by atoms with E-state index in [1.54, 1.807) is 0 Å². The van der Waals surface area contributed by atoms with E-state index in [0.717, 1.165) is 5.56 Å². The van der Waals surface area contributed by atoms with Gasteiger partial charge in [-0.1, -0.05) is 42.5 Å². The monoisotopic (exact) mass is 292 g/mol. The Morgan fingerprint density at radius 1 is 1.14 bits per heavy atom. The highest BCUT2D eigenvalue weighted by Crippen LogP contribution is 2.31.